The van der Waals surface area contributed by atoms with Crippen LogP contribution in [0.2, 0.25) is 0 Å². The van der Waals surface area contributed by atoms with E-state index < -0.39 is 5.82 Å². The Morgan fingerprint density at radius 3 is 2.83 bits per heavy atom. The molecule has 1 fully saturated rings. The predicted octanol–water partition coefficient (Wildman–Crippen LogP) is 3.84. The molecule has 3 aromatic heterocycles. The zero-order valence-electron chi connectivity index (χ0n) is 20.4. The van der Waals surface area contributed by atoms with Crippen molar-refractivity contribution in [3.63, 3.8) is 0 Å². The van der Waals surface area contributed by atoms with Crippen molar-refractivity contribution in [1.29, 1.82) is 0 Å². The van der Waals surface area contributed by atoms with Crippen molar-refractivity contribution in [2.75, 3.05) is 29.9 Å². The topological polar surface area (TPSA) is 106 Å². The van der Waals surface area contributed by atoms with Crippen LogP contribution < -0.4 is 20.3 Å². The maximum atomic E-state index is 15.1. The van der Waals surface area contributed by atoms with Crippen molar-refractivity contribution in [1.82, 2.24) is 35.0 Å². The first-order chi connectivity index (χ1) is 17.5. The van der Waals surface area contributed by atoms with Crippen molar-refractivity contribution in [3.8, 4) is 22.9 Å². The molecule has 36 heavy (non-hydrogen) atoms. The molecule has 1 aliphatic heterocycles. The van der Waals surface area contributed by atoms with Crippen LogP contribution in [0.3, 0.4) is 0 Å². The van der Waals surface area contributed by atoms with Gasteiger partial charge >= 0.3 is 6.01 Å². The number of benzene rings is 1. The number of anilines is 3. The molecule has 1 saturated heterocycles. The molecule has 0 spiro atoms. The average molecular weight is 490 g/mol. The van der Waals surface area contributed by atoms with E-state index in [0.29, 0.717) is 17.6 Å². The minimum Gasteiger partial charge on any atom is -0.421 e. The molecule has 11 heteroatoms. The minimum atomic E-state index is -0.520. The lowest BCUT2D eigenvalue weighted by atomic mass is 10.1. The Bertz CT molecular complexity index is 1360. The van der Waals surface area contributed by atoms with E-state index in [9.17, 15) is 0 Å². The van der Waals surface area contributed by atoms with E-state index in [4.69, 9.17) is 9.72 Å². The normalized spacial score (nSPS) is 15.7. The SMILES string of the molecule is CCC1CN(c2nc(Nc3cnn(C)c3)ncc2-c2ccc(Oc3nccc(C)n3)c(F)c2)CCN1. The Hall–Kier alpha value is -4.12. The van der Waals surface area contributed by atoms with Gasteiger partial charge in [0.1, 0.15) is 5.82 Å². The molecule has 2 N–H and O–H groups in total. The summed E-state index contributed by atoms with van der Waals surface area (Å²) < 4.78 is 22.4. The highest BCUT2D eigenvalue weighted by molar-refractivity contribution is 5.77. The lowest BCUT2D eigenvalue weighted by Crippen LogP contribution is -2.50. The van der Waals surface area contributed by atoms with Gasteiger partial charge < -0.3 is 20.3 Å². The highest BCUT2D eigenvalue weighted by Crippen LogP contribution is 2.34. The van der Waals surface area contributed by atoms with Crippen molar-refractivity contribution in [2.24, 2.45) is 7.05 Å². The molecule has 5 rings (SSSR count). The molecule has 10 nitrogen and oxygen atoms in total. The summed E-state index contributed by atoms with van der Waals surface area (Å²) in [5.41, 5.74) is 2.91. The fourth-order valence-corrected chi connectivity index (χ4v) is 4.11. The van der Waals surface area contributed by atoms with Crippen LogP contribution in [0.5, 0.6) is 11.8 Å². The molecule has 0 radical (unpaired) electrons. The molecule has 4 heterocycles. The largest absolute Gasteiger partial charge is 0.421 e. The predicted molar refractivity (Wildman–Crippen MR) is 135 cm³/mol. The van der Waals surface area contributed by atoms with E-state index in [1.165, 1.54) is 6.07 Å². The molecule has 0 amide bonds. The van der Waals surface area contributed by atoms with Crippen LogP contribution >= 0.6 is 0 Å². The first-order valence-electron chi connectivity index (χ1n) is 11.9. The quantitative estimate of drug-likeness (QED) is 0.400. The van der Waals surface area contributed by atoms with Gasteiger partial charge in [-0.2, -0.15) is 10.1 Å². The number of hydrogen-bond donors (Lipinski definition) is 2. The van der Waals surface area contributed by atoms with Crippen LogP contribution in [0.4, 0.5) is 21.8 Å². The van der Waals surface area contributed by atoms with E-state index in [2.05, 4.69) is 42.5 Å². The maximum Gasteiger partial charge on any atom is 0.322 e. The molecule has 0 bridgehead atoms. The van der Waals surface area contributed by atoms with E-state index in [-0.39, 0.29) is 11.8 Å². The van der Waals surface area contributed by atoms with Crippen molar-refractivity contribution in [2.45, 2.75) is 26.3 Å². The zero-order valence-corrected chi connectivity index (χ0v) is 20.4. The number of hydrogen-bond acceptors (Lipinski definition) is 9. The van der Waals surface area contributed by atoms with Crippen molar-refractivity contribution >= 4 is 17.5 Å². The van der Waals surface area contributed by atoms with Gasteiger partial charge in [-0.3, -0.25) is 4.68 Å². The van der Waals surface area contributed by atoms with Gasteiger partial charge in [0.25, 0.3) is 0 Å². The third-order valence-electron chi connectivity index (χ3n) is 5.99. The third kappa shape index (κ3) is 5.25. The number of halogens is 1. The van der Waals surface area contributed by atoms with Crippen LogP contribution in [-0.4, -0.2) is 55.4 Å². The molecular formula is C25H28FN9O. The summed E-state index contributed by atoms with van der Waals surface area (Å²) in [5.74, 6) is 0.722. The van der Waals surface area contributed by atoms with E-state index in [1.807, 2.05) is 20.2 Å². The first kappa shape index (κ1) is 23.6. The van der Waals surface area contributed by atoms with Crippen LogP contribution in [-0.2, 0) is 7.05 Å². The Kier molecular flexibility index (Phi) is 6.72. The summed E-state index contributed by atoms with van der Waals surface area (Å²) in [4.78, 5) is 19.8. The Balaban J connectivity index is 1.48. The lowest BCUT2D eigenvalue weighted by Gasteiger charge is -2.35. The van der Waals surface area contributed by atoms with E-state index >= 15 is 4.39 Å². The summed E-state index contributed by atoms with van der Waals surface area (Å²) in [6, 6.07) is 7.00. The van der Waals surface area contributed by atoms with Gasteiger partial charge in [0.2, 0.25) is 5.95 Å². The number of nitrogens with zero attached hydrogens (tertiary/aromatic N) is 7. The molecule has 186 valence electrons. The summed E-state index contributed by atoms with van der Waals surface area (Å²) in [6.07, 6.45) is 7.86. The van der Waals surface area contributed by atoms with Gasteiger partial charge in [-0.15, -0.1) is 0 Å². The van der Waals surface area contributed by atoms with Crippen LogP contribution in [0.1, 0.15) is 19.0 Å². The molecule has 0 aliphatic carbocycles. The fourth-order valence-electron chi connectivity index (χ4n) is 4.11. The molecule has 1 unspecified atom stereocenters. The Morgan fingerprint density at radius 1 is 1.19 bits per heavy atom. The molecular weight excluding hydrogens is 461 g/mol. The van der Waals surface area contributed by atoms with Gasteiger partial charge in [0.15, 0.2) is 11.6 Å². The third-order valence-corrected chi connectivity index (χ3v) is 5.99. The average Bonchev–Trinajstić information content (AvgIpc) is 3.29. The van der Waals surface area contributed by atoms with E-state index in [0.717, 1.165) is 48.8 Å². The number of piperazine rings is 1. The Morgan fingerprint density at radius 2 is 2.08 bits per heavy atom. The zero-order chi connectivity index (χ0) is 25.1. The number of nitrogens with one attached hydrogen (secondary N) is 2. The van der Waals surface area contributed by atoms with Crippen molar-refractivity contribution in [3.05, 3.63) is 60.6 Å². The summed E-state index contributed by atoms with van der Waals surface area (Å²) in [7, 11) is 1.85. The molecule has 0 saturated carbocycles. The number of ether oxygens (including phenoxy) is 1. The fraction of sp³-hybridized carbons (Fsp3) is 0.320. The molecule has 4 aromatic rings. The molecule has 1 aliphatic rings. The summed E-state index contributed by atoms with van der Waals surface area (Å²) >= 11 is 0. The summed E-state index contributed by atoms with van der Waals surface area (Å²) in [5, 5.41) is 10.9. The molecule has 1 atom stereocenters. The van der Waals surface area contributed by atoms with Gasteiger partial charge in [-0.05, 0) is 37.1 Å². The second-order valence-corrected chi connectivity index (χ2v) is 8.69. The standard InChI is InChI=1S/C25H28FN9O/c1-4-18-15-35(10-9-27-18)23-20(13-29-24(33-23)32-19-12-30-34(3)14-19)17-5-6-22(21(26)11-17)36-25-28-8-7-16(2)31-25/h5-8,11-14,18,27H,4,9-10,15H2,1-3H3,(H,29,32,33). The van der Waals surface area contributed by atoms with Gasteiger partial charge in [0.05, 0.1) is 11.9 Å². The smallest absolute Gasteiger partial charge is 0.322 e. The first-order valence-corrected chi connectivity index (χ1v) is 11.9. The van der Waals surface area contributed by atoms with Gasteiger partial charge in [-0.25, -0.2) is 19.3 Å². The number of rotatable bonds is 7. The van der Waals surface area contributed by atoms with Gasteiger partial charge in [0, 0.05) is 62.6 Å². The number of aromatic nitrogens is 6. The highest BCUT2D eigenvalue weighted by atomic mass is 19.1. The lowest BCUT2D eigenvalue weighted by molar-refractivity contribution is 0.410. The van der Waals surface area contributed by atoms with Crippen molar-refractivity contribution < 1.29 is 9.13 Å². The van der Waals surface area contributed by atoms with Crippen LogP contribution in [0, 0.1) is 12.7 Å². The highest BCUT2D eigenvalue weighted by Gasteiger charge is 2.23. The number of aryl methyl sites for hydroxylation is 2. The second kappa shape index (κ2) is 10.2. The van der Waals surface area contributed by atoms with Crippen LogP contribution in [0.25, 0.3) is 11.1 Å². The molecule has 1 aromatic carbocycles. The minimum absolute atomic E-state index is 0.0508. The maximum absolute atomic E-state index is 15.1. The van der Waals surface area contributed by atoms with Gasteiger partial charge in [-0.1, -0.05) is 13.0 Å². The van der Waals surface area contributed by atoms with E-state index in [1.54, 1.807) is 41.5 Å². The summed E-state index contributed by atoms with van der Waals surface area (Å²) in [6.45, 7) is 6.39. The Labute approximate surface area is 208 Å². The second-order valence-electron chi connectivity index (χ2n) is 8.69. The monoisotopic (exact) mass is 489 g/mol. The van der Waals surface area contributed by atoms with Crippen LogP contribution in [0.15, 0.2) is 49.1 Å².